The van der Waals surface area contributed by atoms with Gasteiger partial charge in [-0.2, -0.15) is 0 Å². The number of hydrogen-bond acceptors (Lipinski definition) is 2. The predicted molar refractivity (Wildman–Crippen MR) is 111 cm³/mol. The van der Waals surface area contributed by atoms with Crippen molar-refractivity contribution < 1.29 is 0 Å². The first-order chi connectivity index (χ1) is 12.7. The van der Waals surface area contributed by atoms with Gasteiger partial charge < -0.3 is 15.6 Å². The lowest BCUT2D eigenvalue weighted by Gasteiger charge is -2.13. The van der Waals surface area contributed by atoms with Gasteiger partial charge >= 0.3 is 0 Å². The highest BCUT2D eigenvalue weighted by Gasteiger charge is 2.11. The van der Waals surface area contributed by atoms with Gasteiger partial charge in [-0.3, -0.25) is 0 Å². The van der Waals surface area contributed by atoms with Gasteiger partial charge in [-0.05, 0) is 46.5 Å². The molecule has 0 saturated carbocycles. The summed E-state index contributed by atoms with van der Waals surface area (Å²) in [6.45, 7) is 0.536. The monoisotopic (exact) mass is 341 g/mol. The number of nitrogens with one attached hydrogen (secondary N) is 1. The van der Waals surface area contributed by atoms with Crippen molar-refractivity contribution in [3.8, 4) is 22.4 Å². The molecule has 1 aromatic heterocycles. The van der Waals surface area contributed by atoms with Crippen molar-refractivity contribution in [2.75, 3.05) is 19.0 Å². The van der Waals surface area contributed by atoms with E-state index in [9.17, 15) is 0 Å². The number of H-pyrrole nitrogens is 1. The minimum absolute atomic E-state index is 0.536. The molecule has 0 bridgehead atoms. The lowest BCUT2D eigenvalue weighted by Crippen LogP contribution is -2.08. The second-order valence-corrected chi connectivity index (χ2v) is 6.76. The fourth-order valence-corrected chi connectivity index (χ4v) is 3.46. The summed E-state index contributed by atoms with van der Waals surface area (Å²) < 4.78 is 0. The molecule has 26 heavy (non-hydrogen) atoms. The molecule has 0 aliphatic rings. The zero-order valence-corrected chi connectivity index (χ0v) is 15.2. The van der Waals surface area contributed by atoms with Gasteiger partial charge in [0.1, 0.15) is 0 Å². The van der Waals surface area contributed by atoms with Gasteiger partial charge in [-0.25, -0.2) is 0 Å². The molecule has 3 N–H and O–H groups in total. The van der Waals surface area contributed by atoms with Gasteiger partial charge in [-0.15, -0.1) is 0 Å². The molecule has 0 atom stereocenters. The van der Waals surface area contributed by atoms with Gasteiger partial charge in [0.05, 0.1) is 0 Å². The number of aromatic nitrogens is 1. The molecular formula is C23H23N3. The molecule has 0 aliphatic carbocycles. The van der Waals surface area contributed by atoms with E-state index in [1.165, 1.54) is 27.8 Å². The van der Waals surface area contributed by atoms with Crippen molar-refractivity contribution in [2.45, 2.75) is 6.54 Å². The van der Waals surface area contributed by atoms with Crippen molar-refractivity contribution >= 4 is 16.6 Å². The summed E-state index contributed by atoms with van der Waals surface area (Å²) in [5.74, 6) is 0. The third-order valence-electron chi connectivity index (χ3n) is 4.87. The van der Waals surface area contributed by atoms with E-state index in [1.807, 2.05) is 6.07 Å². The Morgan fingerprint density at radius 3 is 2.42 bits per heavy atom. The Morgan fingerprint density at radius 1 is 0.846 bits per heavy atom. The zero-order chi connectivity index (χ0) is 18.1. The third kappa shape index (κ3) is 2.87. The first-order valence-electron chi connectivity index (χ1n) is 8.85. The molecule has 0 aliphatic heterocycles. The summed E-state index contributed by atoms with van der Waals surface area (Å²) in [7, 11) is 4.12. The topological polar surface area (TPSA) is 45.0 Å². The number of fused-ring (bicyclic) bond motifs is 1. The summed E-state index contributed by atoms with van der Waals surface area (Å²) in [6.07, 6.45) is 0. The van der Waals surface area contributed by atoms with Crippen LogP contribution in [0, 0.1) is 0 Å². The van der Waals surface area contributed by atoms with Crippen molar-refractivity contribution in [3.05, 3.63) is 78.4 Å². The van der Waals surface area contributed by atoms with Crippen molar-refractivity contribution in [1.29, 1.82) is 0 Å². The summed E-state index contributed by atoms with van der Waals surface area (Å²) in [5.41, 5.74) is 14.2. The summed E-state index contributed by atoms with van der Waals surface area (Å²) >= 11 is 0. The van der Waals surface area contributed by atoms with E-state index in [2.05, 4.69) is 90.7 Å². The van der Waals surface area contributed by atoms with Gasteiger partial charge in [0.25, 0.3) is 0 Å². The van der Waals surface area contributed by atoms with Crippen LogP contribution in [-0.4, -0.2) is 19.1 Å². The Hall–Kier alpha value is -3.04. The highest BCUT2D eigenvalue weighted by atomic mass is 15.1. The van der Waals surface area contributed by atoms with Crippen LogP contribution >= 0.6 is 0 Å². The minimum Gasteiger partial charge on any atom is -0.378 e. The van der Waals surface area contributed by atoms with Gasteiger partial charge in [0.15, 0.2) is 0 Å². The van der Waals surface area contributed by atoms with Crippen LogP contribution in [0.15, 0.2) is 72.8 Å². The summed E-state index contributed by atoms with van der Waals surface area (Å²) in [4.78, 5) is 5.70. The lowest BCUT2D eigenvalue weighted by molar-refractivity contribution is 1.07. The highest BCUT2D eigenvalue weighted by Crippen LogP contribution is 2.34. The first-order valence-corrected chi connectivity index (χ1v) is 8.85. The third-order valence-corrected chi connectivity index (χ3v) is 4.87. The maximum Gasteiger partial charge on any atom is 0.0465 e. The Labute approximate surface area is 154 Å². The fraction of sp³-hybridized carbons (Fsp3) is 0.130. The molecule has 0 saturated heterocycles. The van der Waals surface area contributed by atoms with E-state index in [0.29, 0.717) is 6.54 Å². The smallest absolute Gasteiger partial charge is 0.0465 e. The molecule has 0 unspecified atom stereocenters. The molecule has 3 aromatic carbocycles. The van der Waals surface area contributed by atoms with Crippen LogP contribution in [0.4, 0.5) is 5.69 Å². The number of anilines is 1. The molecule has 1 heterocycles. The number of benzene rings is 3. The van der Waals surface area contributed by atoms with E-state index < -0.39 is 0 Å². The SMILES string of the molecule is CN(C)c1cccc(-c2cc3c(-c4ccccc4CN)cccc3[nH]2)c1. The van der Waals surface area contributed by atoms with Crippen LogP contribution in [0.1, 0.15) is 5.56 Å². The van der Waals surface area contributed by atoms with Gasteiger partial charge in [0, 0.05) is 42.9 Å². The first kappa shape index (κ1) is 16.4. The average molecular weight is 341 g/mol. The van der Waals surface area contributed by atoms with E-state index in [4.69, 9.17) is 5.73 Å². The molecule has 130 valence electrons. The number of nitrogens with two attached hydrogens (primary N) is 1. The van der Waals surface area contributed by atoms with Crippen molar-refractivity contribution in [1.82, 2.24) is 4.98 Å². The Morgan fingerprint density at radius 2 is 1.62 bits per heavy atom. The molecule has 0 amide bonds. The average Bonchev–Trinajstić information content (AvgIpc) is 3.12. The Kier molecular flexibility index (Phi) is 4.23. The van der Waals surface area contributed by atoms with Gasteiger partial charge in [-0.1, -0.05) is 48.5 Å². The second kappa shape index (κ2) is 6.70. The van der Waals surface area contributed by atoms with Crippen LogP contribution in [-0.2, 0) is 6.54 Å². The van der Waals surface area contributed by atoms with Crippen LogP contribution in [0.2, 0.25) is 0 Å². The van der Waals surface area contributed by atoms with Gasteiger partial charge in [0.2, 0.25) is 0 Å². The zero-order valence-electron chi connectivity index (χ0n) is 15.2. The van der Waals surface area contributed by atoms with Crippen molar-refractivity contribution in [2.24, 2.45) is 5.73 Å². The fourth-order valence-electron chi connectivity index (χ4n) is 3.46. The largest absolute Gasteiger partial charge is 0.378 e. The molecule has 0 spiro atoms. The van der Waals surface area contributed by atoms with Crippen LogP contribution in [0.5, 0.6) is 0 Å². The van der Waals surface area contributed by atoms with Crippen LogP contribution < -0.4 is 10.6 Å². The Balaban J connectivity index is 1.88. The van der Waals surface area contributed by atoms with E-state index in [-0.39, 0.29) is 0 Å². The standard InChI is InChI=1S/C23H23N3/c1-26(2)18-9-5-8-16(13-18)23-14-21-20(11-6-12-22(21)25-23)19-10-4-3-7-17(19)15-24/h3-14,25H,15,24H2,1-2H3. The molecule has 3 heteroatoms. The summed E-state index contributed by atoms with van der Waals surface area (Å²) in [6, 6.07) is 25.6. The number of nitrogens with zero attached hydrogens (tertiary/aromatic N) is 1. The van der Waals surface area contributed by atoms with Crippen LogP contribution in [0.3, 0.4) is 0 Å². The van der Waals surface area contributed by atoms with E-state index in [0.717, 1.165) is 16.8 Å². The molecule has 4 aromatic rings. The highest BCUT2D eigenvalue weighted by molar-refractivity contribution is 5.98. The van der Waals surface area contributed by atoms with Crippen molar-refractivity contribution in [3.63, 3.8) is 0 Å². The quantitative estimate of drug-likeness (QED) is 0.547. The minimum atomic E-state index is 0.536. The number of rotatable bonds is 4. The Bertz CT molecular complexity index is 1060. The lowest BCUT2D eigenvalue weighted by atomic mass is 9.96. The number of aromatic amines is 1. The molecular weight excluding hydrogens is 318 g/mol. The molecule has 0 radical (unpaired) electrons. The second-order valence-electron chi connectivity index (χ2n) is 6.76. The maximum absolute atomic E-state index is 5.96. The van der Waals surface area contributed by atoms with E-state index >= 15 is 0 Å². The maximum atomic E-state index is 5.96. The van der Waals surface area contributed by atoms with Crippen LogP contribution in [0.25, 0.3) is 33.3 Å². The summed E-state index contributed by atoms with van der Waals surface area (Å²) in [5, 5.41) is 1.22. The predicted octanol–water partition coefficient (Wildman–Crippen LogP) is 5.03. The molecule has 4 rings (SSSR count). The molecule has 0 fully saturated rings. The van der Waals surface area contributed by atoms with E-state index in [1.54, 1.807) is 0 Å². The number of hydrogen-bond donors (Lipinski definition) is 2. The normalized spacial score (nSPS) is 11.0. The molecule has 3 nitrogen and oxygen atoms in total.